The highest BCUT2D eigenvalue weighted by molar-refractivity contribution is 7.91. The topological polar surface area (TPSA) is 107 Å². The SMILES string of the molecule is CCN(C(=O)O)[C@H]1CCCN(Cc2c(Cl)cc(C(=O)NCc3cc(Cl)ccc3S(=O)(=O)CC)cc2C(F)(F)F)C1. The summed E-state index contributed by atoms with van der Waals surface area (Å²) in [6.45, 7) is 3.67. The first-order valence-electron chi connectivity index (χ1n) is 12.6. The molecule has 3 rings (SSSR count). The number of alkyl halides is 3. The van der Waals surface area contributed by atoms with Gasteiger partial charge in [-0.25, -0.2) is 13.2 Å². The molecule has 1 saturated heterocycles. The fourth-order valence-electron chi connectivity index (χ4n) is 4.81. The average molecular weight is 625 g/mol. The predicted molar refractivity (Wildman–Crippen MR) is 146 cm³/mol. The van der Waals surface area contributed by atoms with Crippen molar-refractivity contribution in [2.45, 2.75) is 56.9 Å². The molecule has 0 aromatic heterocycles. The van der Waals surface area contributed by atoms with Gasteiger partial charge in [-0.1, -0.05) is 30.1 Å². The fraction of sp³-hybridized carbons (Fsp3) is 0.462. The van der Waals surface area contributed by atoms with Crippen molar-refractivity contribution in [2.75, 3.05) is 25.4 Å². The number of likely N-dealkylation sites (N-methyl/N-ethyl adjacent to an activating group) is 1. The van der Waals surface area contributed by atoms with Crippen molar-refractivity contribution in [3.63, 3.8) is 0 Å². The molecule has 1 fully saturated rings. The second-order valence-electron chi connectivity index (χ2n) is 9.42. The summed E-state index contributed by atoms with van der Waals surface area (Å²) in [5.74, 6) is -1.07. The Bertz CT molecular complexity index is 1370. The van der Waals surface area contributed by atoms with E-state index in [0.29, 0.717) is 19.4 Å². The highest BCUT2D eigenvalue weighted by Gasteiger charge is 2.37. The number of benzene rings is 2. The maximum Gasteiger partial charge on any atom is 0.416 e. The van der Waals surface area contributed by atoms with E-state index in [0.717, 1.165) is 12.1 Å². The molecule has 0 radical (unpaired) electrons. The standard InChI is InChI=1S/C26H30Cl2F3N3O5S/c1-3-34(25(36)37)19-6-5-9-33(14-19)15-20-21(26(29,30)31)11-16(12-22(20)28)24(35)32-13-17-10-18(27)7-8-23(17)40(38,39)4-2/h7-8,10-12,19H,3-6,9,13-15H2,1-2H3,(H,32,35)(H,36,37)/t19-/m0/s1. The van der Waals surface area contributed by atoms with Gasteiger partial charge < -0.3 is 15.3 Å². The van der Waals surface area contributed by atoms with E-state index < -0.39 is 33.6 Å². The van der Waals surface area contributed by atoms with Crippen LogP contribution >= 0.6 is 23.2 Å². The number of nitrogens with zero attached hydrogens (tertiary/aromatic N) is 2. The number of carbonyl (C=O) groups excluding carboxylic acids is 1. The molecule has 1 heterocycles. The second kappa shape index (κ2) is 13.0. The van der Waals surface area contributed by atoms with Gasteiger partial charge in [-0.2, -0.15) is 13.2 Å². The molecule has 0 bridgehead atoms. The molecule has 40 heavy (non-hydrogen) atoms. The van der Waals surface area contributed by atoms with Crippen molar-refractivity contribution in [1.82, 2.24) is 15.1 Å². The van der Waals surface area contributed by atoms with Crippen molar-refractivity contribution < 1.29 is 36.3 Å². The minimum atomic E-state index is -4.82. The molecule has 1 aliphatic rings. The number of piperidine rings is 1. The Morgan fingerprint density at radius 3 is 2.48 bits per heavy atom. The quantitative estimate of drug-likeness (QED) is 0.371. The maximum atomic E-state index is 14.1. The molecular weight excluding hydrogens is 594 g/mol. The summed E-state index contributed by atoms with van der Waals surface area (Å²) in [6.07, 6.45) is -4.71. The molecule has 2 amide bonds. The lowest BCUT2D eigenvalue weighted by atomic mass is 9.99. The normalized spacial score (nSPS) is 16.5. The van der Waals surface area contributed by atoms with Gasteiger partial charge in [0.05, 0.1) is 16.2 Å². The number of nitrogens with one attached hydrogen (secondary N) is 1. The minimum Gasteiger partial charge on any atom is -0.465 e. The summed E-state index contributed by atoms with van der Waals surface area (Å²) >= 11 is 12.3. The third kappa shape index (κ3) is 7.59. The molecule has 8 nitrogen and oxygen atoms in total. The number of halogens is 5. The van der Waals surface area contributed by atoms with Gasteiger partial charge in [-0.3, -0.25) is 9.69 Å². The Labute approximate surface area is 241 Å². The van der Waals surface area contributed by atoms with Crippen LogP contribution < -0.4 is 5.32 Å². The first-order chi connectivity index (χ1) is 18.7. The van der Waals surface area contributed by atoms with Crippen LogP contribution in [0.5, 0.6) is 0 Å². The first kappa shape index (κ1) is 32.0. The zero-order valence-corrected chi connectivity index (χ0v) is 24.2. The van der Waals surface area contributed by atoms with E-state index in [9.17, 15) is 36.3 Å². The van der Waals surface area contributed by atoms with Crippen molar-refractivity contribution in [1.29, 1.82) is 0 Å². The van der Waals surface area contributed by atoms with Gasteiger partial charge in [0.25, 0.3) is 5.91 Å². The van der Waals surface area contributed by atoms with Crippen LogP contribution in [0.1, 0.15) is 53.7 Å². The number of rotatable bonds is 9. The lowest BCUT2D eigenvalue weighted by molar-refractivity contribution is -0.138. The summed E-state index contributed by atoms with van der Waals surface area (Å²) in [5.41, 5.74) is -1.43. The fourth-order valence-corrected chi connectivity index (χ4v) is 6.40. The van der Waals surface area contributed by atoms with Crippen molar-refractivity contribution >= 4 is 45.0 Å². The molecule has 1 aliphatic heterocycles. The number of amides is 2. The summed E-state index contributed by atoms with van der Waals surface area (Å²) in [5, 5.41) is 11.9. The molecule has 2 aromatic rings. The average Bonchev–Trinajstić information content (AvgIpc) is 2.88. The monoisotopic (exact) mass is 623 g/mol. The summed E-state index contributed by atoms with van der Waals surface area (Å²) in [7, 11) is -3.65. The van der Waals surface area contributed by atoms with E-state index in [-0.39, 0.29) is 69.6 Å². The second-order valence-corrected chi connectivity index (χ2v) is 12.5. The number of carboxylic acid groups (broad SMARTS) is 1. The van der Waals surface area contributed by atoms with E-state index in [1.165, 1.54) is 30.0 Å². The van der Waals surface area contributed by atoms with Crippen molar-refractivity contribution in [3.8, 4) is 0 Å². The Balaban J connectivity index is 1.86. The Kier molecular flexibility index (Phi) is 10.4. The largest absolute Gasteiger partial charge is 0.465 e. The van der Waals surface area contributed by atoms with Crippen LogP contribution in [0.15, 0.2) is 35.2 Å². The molecule has 0 saturated carbocycles. The summed E-state index contributed by atoms with van der Waals surface area (Å²) in [6, 6.07) is 5.59. The van der Waals surface area contributed by atoms with Gasteiger partial charge in [0.2, 0.25) is 0 Å². The van der Waals surface area contributed by atoms with Gasteiger partial charge in [0, 0.05) is 47.8 Å². The van der Waals surface area contributed by atoms with Crippen LogP contribution in [0.4, 0.5) is 18.0 Å². The van der Waals surface area contributed by atoms with Gasteiger partial charge in [-0.05, 0) is 67.8 Å². The Hall–Kier alpha value is -2.54. The van der Waals surface area contributed by atoms with Gasteiger partial charge >= 0.3 is 12.3 Å². The van der Waals surface area contributed by atoms with Gasteiger partial charge in [-0.15, -0.1) is 0 Å². The molecule has 14 heteroatoms. The smallest absolute Gasteiger partial charge is 0.416 e. The minimum absolute atomic E-state index is 0.0339. The van der Waals surface area contributed by atoms with E-state index in [4.69, 9.17) is 23.2 Å². The number of carbonyl (C=O) groups is 2. The number of hydrogen-bond donors (Lipinski definition) is 2. The van der Waals surface area contributed by atoms with Crippen LogP contribution in [0.3, 0.4) is 0 Å². The van der Waals surface area contributed by atoms with E-state index in [1.807, 2.05) is 0 Å². The number of sulfone groups is 1. The zero-order valence-electron chi connectivity index (χ0n) is 21.9. The lowest BCUT2D eigenvalue weighted by Crippen LogP contribution is -2.49. The zero-order chi connectivity index (χ0) is 29.8. The summed E-state index contributed by atoms with van der Waals surface area (Å²) < 4.78 is 67.2. The predicted octanol–water partition coefficient (Wildman–Crippen LogP) is 5.70. The van der Waals surface area contributed by atoms with Gasteiger partial charge in [0.1, 0.15) is 0 Å². The highest BCUT2D eigenvalue weighted by atomic mass is 35.5. The van der Waals surface area contributed by atoms with E-state index >= 15 is 0 Å². The molecule has 1 atom stereocenters. The van der Waals surface area contributed by atoms with Crippen molar-refractivity contribution in [2.24, 2.45) is 0 Å². The van der Waals surface area contributed by atoms with Crippen LogP contribution in [0.25, 0.3) is 0 Å². The molecule has 0 aliphatic carbocycles. The number of hydrogen-bond acceptors (Lipinski definition) is 5. The Morgan fingerprint density at radius 1 is 1.18 bits per heavy atom. The molecule has 2 aromatic carbocycles. The van der Waals surface area contributed by atoms with Gasteiger partial charge in [0.15, 0.2) is 9.84 Å². The van der Waals surface area contributed by atoms with Crippen LogP contribution in [-0.2, 0) is 29.1 Å². The first-order valence-corrected chi connectivity index (χ1v) is 15.0. The lowest BCUT2D eigenvalue weighted by Gasteiger charge is -2.38. The Morgan fingerprint density at radius 2 is 1.88 bits per heavy atom. The molecule has 0 unspecified atom stereocenters. The summed E-state index contributed by atoms with van der Waals surface area (Å²) in [4.78, 5) is 27.4. The van der Waals surface area contributed by atoms with E-state index in [1.54, 1.807) is 11.8 Å². The molecule has 2 N–H and O–H groups in total. The van der Waals surface area contributed by atoms with Crippen LogP contribution in [-0.4, -0.2) is 66.8 Å². The van der Waals surface area contributed by atoms with Crippen molar-refractivity contribution in [3.05, 3.63) is 62.6 Å². The third-order valence-corrected chi connectivity index (χ3v) is 9.23. The molecular formula is C26H30Cl2F3N3O5S. The third-order valence-electron chi connectivity index (χ3n) is 6.83. The van der Waals surface area contributed by atoms with Crippen LogP contribution in [0, 0.1) is 0 Å². The highest BCUT2D eigenvalue weighted by Crippen LogP contribution is 2.37. The maximum absolute atomic E-state index is 14.1. The number of likely N-dealkylation sites (tertiary alicyclic amines) is 1. The molecule has 220 valence electrons. The van der Waals surface area contributed by atoms with E-state index in [2.05, 4.69) is 5.32 Å². The molecule has 0 spiro atoms. The van der Waals surface area contributed by atoms with Crippen LogP contribution in [0.2, 0.25) is 10.0 Å².